The number of anilines is 1. The zero-order chi connectivity index (χ0) is 27.0. The average Bonchev–Trinajstić information content (AvgIpc) is 3.13. The molecule has 2 N–H and O–H groups in total. The molecule has 0 saturated carbocycles. The van der Waals surface area contributed by atoms with Crippen molar-refractivity contribution in [1.29, 1.82) is 0 Å². The largest absolute Gasteiger partial charge is 0.491 e. The van der Waals surface area contributed by atoms with Crippen LogP contribution in [-0.2, 0) is 6.54 Å². The van der Waals surface area contributed by atoms with Gasteiger partial charge in [0.05, 0.1) is 17.2 Å². The number of aromatic nitrogens is 2. The molecular formula is C31H45N5O. The van der Waals surface area contributed by atoms with Crippen LogP contribution in [-0.4, -0.2) is 40.8 Å². The van der Waals surface area contributed by atoms with Gasteiger partial charge in [-0.3, -0.25) is 4.99 Å². The van der Waals surface area contributed by atoms with Crippen molar-refractivity contribution in [3.05, 3.63) is 70.7 Å². The molecule has 200 valence electrons. The maximum Gasteiger partial charge on any atom is 0.201 e. The van der Waals surface area contributed by atoms with E-state index in [0.717, 1.165) is 71.7 Å². The number of aromatic amines is 1. The van der Waals surface area contributed by atoms with Crippen LogP contribution >= 0.6 is 0 Å². The predicted octanol–water partition coefficient (Wildman–Crippen LogP) is 6.03. The van der Waals surface area contributed by atoms with Gasteiger partial charge in [0, 0.05) is 36.8 Å². The minimum atomic E-state index is 0.650. The number of ether oxygens (including phenoxy) is 1. The van der Waals surface area contributed by atoms with Gasteiger partial charge in [-0.1, -0.05) is 58.4 Å². The van der Waals surface area contributed by atoms with E-state index in [9.17, 15) is 0 Å². The fraction of sp³-hybridized carbons (Fsp3) is 0.419. The topological polar surface area (TPSA) is 65.5 Å². The van der Waals surface area contributed by atoms with Crippen LogP contribution in [0.2, 0.25) is 0 Å². The molecule has 0 unspecified atom stereocenters. The van der Waals surface area contributed by atoms with Gasteiger partial charge in [0.2, 0.25) is 5.95 Å². The van der Waals surface area contributed by atoms with Crippen LogP contribution < -0.4 is 20.8 Å². The first-order valence-corrected chi connectivity index (χ1v) is 13.5. The number of fused-ring (bicyclic) bond motifs is 1. The van der Waals surface area contributed by atoms with E-state index in [0.29, 0.717) is 6.61 Å². The number of H-pyrrole nitrogens is 1. The lowest BCUT2D eigenvalue weighted by atomic mass is 10.0. The molecule has 0 atom stereocenters. The first kappa shape index (κ1) is 29.7. The number of benzene rings is 1. The van der Waals surface area contributed by atoms with Crippen LogP contribution in [0.1, 0.15) is 71.9 Å². The summed E-state index contributed by atoms with van der Waals surface area (Å²) in [6.45, 7) is 19.4. The van der Waals surface area contributed by atoms with Crippen molar-refractivity contribution in [3.8, 4) is 5.75 Å². The van der Waals surface area contributed by atoms with Gasteiger partial charge < -0.3 is 19.9 Å². The van der Waals surface area contributed by atoms with Crippen molar-refractivity contribution in [3.63, 3.8) is 0 Å². The fourth-order valence-electron chi connectivity index (χ4n) is 3.88. The third-order valence-corrected chi connectivity index (χ3v) is 5.72. The number of aliphatic imine (C=N–C) groups is 1. The maximum absolute atomic E-state index is 6.06. The molecule has 2 heterocycles. The first-order chi connectivity index (χ1) is 18.0. The fourth-order valence-corrected chi connectivity index (χ4v) is 3.88. The molecule has 0 bridgehead atoms. The quantitative estimate of drug-likeness (QED) is 0.410. The Morgan fingerprint density at radius 3 is 2.73 bits per heavy atom. The number of nitrogens with one attached hydrogen (secondary N) is 2. The molecule has 6 heteroatoms. The summed E-state index contributed by atoms with van der Waals surface area (Å²) in [4.78, 5) is 14.6. The van der Waals surface area contributed by atoms with E-state index in [1.165, 1.54) is 12.0 Å². The maximum atomic E-state index is 6.06. The highest BCUT2D eigenvalue weighted by atomic mass is 16.5. The van der Waals surface area contributed by atoms with Gasteiger partial charge in [-0.05, 0) is 62.6 Å². The van der Waals surface area contributed by atoms with E-state index in [1.807, 2.05) is 6.08 Å². The van der Waals surface area contributed by atoms with Crippen molar-refractivity contribution in [1.82, 2.24) is 14.9 Å². The number of rotatable bonds is 9. The molecule has 2 aromatic rings. The molecule has 3 rings (SSSR count). The Morgan fingerprint density at radius 1 is 1.27 bits per heavy atom. The third-order valence-electron chi connectivity index (χ3n) is 5.72. The Kier molecular flexibility index (Phi) is 13.0. The van der Waals surface area contributed by atoms with Gasteiger partial charge in [-0.25, -0.2) is 4.98 Å². The molecule has 37 heavy (non-hydrogen) atoms. The standard InChI is InChI=1S/C28H37N5O.C3H8/c1-6-10-11-25-26(32-28(31-25)30-9-4)19-22(7-2)23-12-13-27-24(18-23)20-33(16-17-34-27)21(5)14-15-29-8-3;1-3-2/h7-8,11-15,18-19H,3,6,9-10,16-17,20H2,1-2,4-5H3,(H2,30,31,32);3H2,1-2H3/b21-14+,22-7+,25-11-,26-19+,29-15?;. The van der Waals surface area contributed by atoms with E-state index in [4.69, 9.17) is 9.72 Å². The van der Waals surface area contributed by atoms with Crippen molar-refractivity contribution < 1.29 is 4.74 Å². The number of hydrogen-bond donors (Lipinski definition) is 2. The second kappa shape index (κ2) is 16.3. The molecule has 1 aliphatic rings. The minimum Gasteiger partial charge on any atom is -0.491 e. The normalized spacial score (nSPS) is 15.1. The van der Waals surface area contributed by atoms with E-state index < -0.39 is 0 Å². The molecule has 6 nitrogen and oxygen atoms in total. The summed E-state index contributed by atoms with van der Waals surface area (Å²) in [6.07, 6.45) is 15.2. The highest BCUT2D eigenvalue weighted by Crippen LogP contribution is 2.29. The molecule has 0 amide bonds. The van der Waals surface area contributed by atoms with Crippen LogP contribution in [0.25, 0.3) is 17.7 Å². The molecule has 0 spiro atoms. The Hall–Kier alpha value is -3.54. The van der Waals surface area contributed by atoms with Gasteiger partial charge in [0.1, 0.15) is 12.4 Å². The average molecular weight is 504 g/mol. The second-order valence-electron chi connectivity index (χ2n) is 8.88. The smallest absolute Gasteiger partial charge is 0.201 e. The number of allylic oxidation sites excluding steroid dienone is 4. The zero-order valence-corrected chi connectivity index (χ0v) is 23.6. The second-order valence-corrected chi connectivity index (χ2v) is 8.88. The predicted molar refractivity (Wildman–Crippen MR) is 160 cm³/mol. The summed E-state index contributed by atoms with van der Waals surface area (Å²) in [5, 5.41) is 5.30. The Labute approximate surface area is 223 Å². The molecular weight excluding hydrogens is 458 g/mol. The monoisotopic (exact) mass is 503 g/mol. The van der Waals surface area contributed by atoms with E-state index in [-0.39, 0.29) is 0 Å². The Balaban J connectivity index is 0.00000153. The first-order valence-electron chi connectivity index (χ1n) is 13.5. The molecule has 0 fully saturated rings. The summed E-state index contributed by atoms with van der Waals surface area (Å²) in [7, 11) is 0. The van der Waals surface area contributed by atoms with Crippen molar-refractivity contribution in [2.24, 2.45) is 4.99 Å². The molecule has 1 aromatic carbocycles. The lowest BCUT2D eigenvalue weighted by molar-refractivity contribution is 0.264. The van der Waals surface area contributed by atoms with Crippen LogP contribution in [0.3, 0.4) is 0 Å². The van der Waals surface area contributed by atoms with Crippen molar-refractivity contribution in [2.75, 3.05) is 25.0 Å². The number of hydrogen-bond acceptors (Lipinski definition) is 5. The molecule has 0 saturated heterocycles. The van der Waals surface area contributed by atoms with E-state index >= 15 is 0 Å². The molecule has 0 radical (unpaired) electrons. The summed E-state index contributed by atoms with van der Waals surface area (Å²) >= 11 is 0. The lowest BCUT2D eigenvalue weighted by Crippen LogP contribution is -2.24. The number of nitrogens with zero attached hydrogens (tertiary/aromatic N) is 3. The van der Waals surface area contributed by atoms with E-state index in [1.54, 1.807) is 12.4 Å². The number of imidazole rings is 1. The van der Waals surface area contributed by atoms with Gasteiger partial charge in [-0.2, -0.15) is 0 Å². The summed E-state index contributed by atoms with van der Waals surface area (Å²) in [5.41, 5.74) is 4.62. The van der Waals surface area contributed by atoms with Gasteiger partial charge >= 0.3 is 0 Å². The summed E-state index contributed by atoms with van der Waals surface area (Å²) in [5.74, 6) is 1.75. The lowest BCUT2D eigenvalue weighted by Gasteiger charge is -2.22. The Morgan fingerprint density at radius 2 is 2.05 bits per heavy atom. The van der Waals surface area contributed by atoms with Crippen LogP contribution in [0.4, 0.5) is 5.95 Å². The summed E-state index contributed by atoms with van der Waals surface area (Å²) < 4.78 is 6.06. The van der Waals surface area contributed by atoms with Gasteiger partial charge in [0.15, 0.2) is 0 Å². The zero-order valence-electron chi connectivity index (χ0n) is 23.6. The molecule has 1 aliphatic heterocycles. The Bertz CT molecular complexity index is 1200. The third kappa shape index (κ3) is 9.12. The molecule has 0 aliphatic carbocycles. The summed E-state index contributed by atoms with van der Waals surface area (Å²) in [6, 6.07) is 6.46. The SMILES string of the molecule is C=CN=C/C=C(\C)N1CCOc2ccc(C(=C/C)/C=c3/[nH]c(NCC)n/c3=C\CCC)cc2C1.CCC. The highest BCUT2D eigenvalue weighted by Gasteiger charge is 2.16. The minimum absolute atomic E-state index is 0.650. The van der Waals surface area contributed by atoms with Crippen LogP contribution in [0.15, 0.2) is 53.8 Å². The highest BCUT2D eigenvalue weighted by molar-refractivity contribution is 5.88. The van der Waals surface area contributed by atoms with Crippen molar-refractivity contribution in [2.45, 2.75) is 67.3 Å². The van der Waals surface area contributed by atoms with Crippen molar-refractivity contribution >= 4 is 29.9 Å². The number of unbranched alkanes of at least 4 members (excludes halogenated alkanes) is 1. The van der Waals surface area contributed by atoms with Crippen LogP contribution in [0.5, 0.6) is 5.75 Å². The van der Waals surface area contributed by atoms with E-state index in [2.05, 4.69) is 105 Å². The molecule has 1 aromatic heterocycles. The van der Waals surface area contributed by atoms with Crippen LogP contribution in [0, 0.1) is 0 Å². The van der Waals surface area contributed by atoms with Gasteiger partial charge in [-0.15, -0.1) is 0 Å². The van der Waals surface area contributed by atoms with Gasteiger partial charge in [0.25, 0.3) is 0 Å².